The van der Waals surface area contributed by atoms with Gasteiger partial charge < -0.3 is 9.78 Å². The van der Waals surface area contributed by atoms with Crippen LogP contribution in [0.3, 0.4) is 0 Å². The molecule has 0 bridgehead atoms. The molecule has 0 unspecified atom stereocenters. The number of carbonyl (C=O) groups is 1. The Balaban J connectivity index is 2.35. The molecular formula is C11H12N2O. The Labute approximate surface area is 82.2 Å². The molecule has 0 saturated carbocycles. The monoisotopic (exact) mass is 188 g/mol. The number of fused-ring (bicyclic) bond motifs is 1. The van der Waals surface area contributed by atoms with Crippen molar-refractivity contribution in [3.05, 3.63) is 29.6 Å². The number of H-pyrrole nitrogens is 1. The lowest BCUT2D eigenvalue weighted by Crippen LogP contribution is -1.85. The summed E-state index contributed by atoms with van der Waals surface area (Å²) >= 11 is 0. The number of nitrogens with zero attached hydrogens (tertiary/aromatic N) is 1. The van der Waals surface area contributed by atoms with Crippen LogP contribution in [0, 0.1) is 6.92 Å². The summed E-state index contributed by atoms with van der Waals surface area (Å²) in [5.41, 5.74) is 3.21. The lowest BCUT2D eigenvalue weighted by atomic mass is 10.1. The molecule has 0 spiro atoms. The maximum absolute atomic E-state index is 10.2. The zero-order valence-corrected chi connectivity index (χ0v) is 8.08. The highest BCUT2D eigenvalue weighted by atomic mass is 16.1. The molecule has 3 nitrogen and oxygen atoms in total. The number of nitrogens with one attached hydrogen (secondary N) is 1. The smallest absolute Gasteiger partial charge is 0.120 e. The van der Waals surface area contributed by atoms with E-state index in [1.807, 2.05) is 19.1 Å². The molecule has 0 radical (unpaired) electrons. The quantitative estimate of drug-likeness (QED) is 0.749. The van der Waals surface area contributed by atoms with Crippen LogP contribution in [0.4, 0.5) is 0 Å². The highest BCUT2D eigenvalue weighted by Gasteiger charge is 2.00. The Bertz CT molecular complexity index is 459. The second kappa shape index (κ2) is 3.62. The van der Waals surface area contributed by atoms with Gasteiger partial charge in [-0.15, -0.1) is 0 Å². The molecule has 1 heterocycles. The van der Waals surface area contributed by atoms with Crippen LogP contribution in [0.5, 0.6) is 0 Å². The highest BCUT2D eigenvalue weighted by Crippen LogP contribution is 2.14. The largest absolute Gasteiger partial charge is 0.342 e. The zero-order valence-electron chi connectivity index (χ0n) is 8.08. The number of benzene rings is 1. The number of aromatic amines is 1. The molecule has 0 aliphatic carbocycles. The number of carbonyl (C=O) groups excluding carboxylic acids is 1. The van der Waals surface area contributed by atoms with E-state index in [0.717, 1.165) is 29.6 Å². The Morgan fingerprint density at radius 3 is 3.14 bits per heavy atom. The number of rotatable bonds is 3. The second-order valence-electron chi connectivity index (χ2n) is 3.38. The van der Waals surface area contributed by atoms with E-state index in [0.29, 0.717) is 6.42 Å². The van der Waals surface area contributed by atoms with Crippen LogP contribution in [-0.4, -0.2) is 16.3 Å². The average Bonchev–Trinajstić information content (AvgIpc) is 2.54. The lowest BCUT2D eigenvalue weighted by Gasteiger charge is -1.96. The lowest BCUT2D eigenvalue weighted by molar-refractivity contribution is -0.107. The fourth-order valence-electron chi connectivity index (χ4n) is 1.57. The van der Waals surface area contributed by atoms with Gasteiger partial charge in [-0.25, -0.2) is 4.98 Å². The molecule has 2 aromatic rings. The first-order valence-corrected chi connectivity index (χ1v) is 4.68. The van der Waals surface area contributed by atoms with E-state index in [1.54, 1.807) is 0 Å². The van der Waals surface area contributed by atoms with Crippen LogP contribution in [0.25, 0.3) is 11.0 Å². The first-order chi connectivity index (χ1) is 6.79. The number of aldehydes is 1. The number of imidazole rings is 1. The zero-order chi connectivity index (χ0) is 9.97. The highest BCUT2D eigenvalue weighted by molar-refractivity contribution is 5.75. The van der Waals surface area contributed by atoms with Gasteiger partial charge in [-0.2, -0.15) is 0 Å². The van der Waals surface area contributed by atoms with E-state index in [-0.39, 0.29) is 0 Å². The van der Waals surface area contributed by atoms with Crippen LogP contribution >= 0.6 is 0 Å². The van der Waals surface area contributed by atoms with Crippen LogP contribution in [0.1, 0.15) is 17.8 Å². The average molecular weight is 188 g/mol. The van der Waals surface area contributed by atoms with Gasteiger partial charge in [0.25, 0.3) is 0 Å². The predicted molar refractivity (Wildman–Crippen MR) is 55.2 cm³/mol. The second-order valence-corrected chi connectivity index (χ2v) is 3.38. The number of aryl methyl sites for hydroxylation is 2. The summed E-state index contributed by atoms with van der Waals surface area (Å²) < 4.78 is 0. The SMILES string of the molecule is Cc1nc2ccc(CCC=O)cc2[nH]1. The minimum absolute atomic E-state index is 0.582. The third kappa shape index (κ3) is 1.66. The fourth-order valence-corrected chi connectivity index (χ4v) is 1.57. The summed E-state index contributed by atoms with van der Waals surface area (Å²) in [4.78, 5) is 17.7. The van der Waals surface area contributed by atoms with E-state index in [2.05, 4.69) is 16.0 Å². The van der Waals surface area contributed by atoms with E-state index in [9.17, 15) is 4.79 Å². The summed E-state index contributed by atoms with van der Waals surface area (Å²) in [6, 6.07) is 6.06. The van der Waals surface area contributed by atoms with Gasteiger partial charge in [-0.3, -0.25) is 0 Å². The van der Waals surface area contributed by atoms with Crippen molar-refractivity contribution in [2.45, 2.75) is 19.8 Å². The molecule has 1 N–H and O–H groups in total. The van der Waals surface area contributed by atoms with Gasteiger partial charge in [0.1, 0.15) is 12.1 Å². The first-order valence-electron chi connectivity index (χ1n) is 4.68. The summed E-state index contributed by atoms with van der Waals surface area (Å²) in [6.07, 6.45) is 2.33. The fraction of sp³-hybridized carbons (Fsp3) is 0.273. The molecule has 0 aliphatic rings. The van der Waals surface area contributed by atoms with Crippen LogP contribution in [0.15, 0.2) is 18.2 Å². The van der Waals surface area contributed by atoms with Crippen LogP contribution in [-0.2, 0) is 11.2 Å². The van der Waals surface area contributed by atoms with Gasteiger partial charge in [-0.05, 0) is 31.0 Å². The molecule has 0 saturated heterocycles. The minimum Gasteiger partial charge on any atom is -0.342 e. The Morgan fingerprint density at radius 1 is 1.50 bits per heavy atom. The molecule has 0 aliphatic heterocycles. The topological polar surface area (TPSA) is 45.8 Å². The number of hydrogen-bond donors (Lipinski definition) is 1. The molecule has 14 heavy (non-hydrogen) atoms. The van der Waals surface area contributed by atoms with E-state index in [4.69, 9.17) is 0 Å². The summed E-state index contributed by atoms with van der Waals surface area (Å²) in [5.74, 6) is 0.924. The molecule has 0 fully saturated rings. The minimum atomic E-state index is 0.582. The Morgan fingerprint density at radius 2 is 2.36 bits per heavy atom. The van der Waals surface area contributed by atoms with E-state index >= 15 is 0 Å². The molecular weight excluding hydrogens is 176 g/mol. The van der Waals surface area contributed by atoms with Crippen molar-refractivity contribution in [1.82, 2.24) is 9.97 Å². The standard InChI is InChI=1S/C11H12N2O/c1-8-12-10-5-4-9(3-2-6-14)7-11(10)13-8/h4-7H,2-3H2,1H3,(H,12,13). The van der Waals surface area contributed by atoms with Crippen molar-refractivity contribution in [3.8, 4) is 0 Å². The van der Waals surface area contributed by atoms with Crippen molar-refractivity contribution >= 4 is 17.3 Å². The molecule has 0 amide bonds. The summed E-state index contributed by atoms with van der Waals surface area (Å²) in [5, 5.41) is 0. The van der Waals surface area contributed by atoms with E-state index < -0.39 is 0 Å². The molecule has 1 aromatic carbocycles. The predicted octanol–water partition coefficient (Wildman–Crippen LogP) is 2.00. The van der Waals surface area contributed by atoms with Crippen molar-refractivity contribution < 1.29 is 4.79 Å². The van der Waals surface area contributed by atoms with Crippen molar-refractivity contribution in [3.63, 3.8) is 0 Å². The van der Waals surface area contributed by atoms with Gasteiger partial charge in [0.2, 0.25) is 0 Å². The summed E-state index contributed by atoms with van der Waals surface area (Å²) in [7, 11) is 0. The molecule has 72 valence electrons. The Kier molecular flexibility index (Phi) is 2.31. The van der Waals surface area contributed by atoms with Gasteiger partial charge in [0, 0.05) is 6.42 Å². The third-order valence-corrected chi connectivity index (χ3v) is 2.22. The van der Waals surface area contributed by atoms with Crippen LogP contribution < -0.4 is 0 Å². The third-order valence-electron chi connectivity index (χ3n) is 2.22. The molecule has 3 heteroatoms. The van der Waals surface area contributed by atoms with Crippen molar-refractivity contribution in [1.29, 1.82) is 0 Å². The summed E-state index contributed by atoms with van der Waals surface area (Å²) in [6.45, 7) is 1.94. The normalized spacial score (nSPS) is 10.6. The number of hydrogen-bond acceptors (Lipinski definition) is 2. The van der Waals surface area contributed by atoms with E-state index in [1.165, 1.54) is 5.56 Å². The maximum Gasteiger partial charge on any atom is 0.120 e. The van der Waals surface area contributed by atoms with Gasteiger partial charge in [-0.1, -0.05) is 6.07 Å². The maximum atomic E-state index is 10.2. The van der Waals surface area contributed by atoms with Gasteiger partial charge in [0.15, 0.2) is 0 Å². The number of aromatic nitrogens is 2. The van der Waals surface area contributed by atoms with Gasteiger partial charge >= 0.3 is 0 Å². The molecule has 1 aromatic heterocycles. The van der Waals surface area contributed by atoms with Gasteiger partial charge in [0.05, 0.1) is 11.0 Å². The Hall–Kier alpha value is -1.64. The van der Waals surface area contributed by atoms with Crippen molar-refractivity contribution in [2.75, 3.05) is 0 Å². The first kappa shape index (κ1) is 8.94. The molecule has 2 rings (SSSR count). The van der Waals surface area contributed by atoms with Crippen LogP contribution in [0.2, 0.25) is 0 Å². The molecule has 0 atom stereocenters. The van der Waals surface area contributed by atoms with Crippen molar-refractivity contribution in [2.24, 2.45) is 0 Å².